The van der Waals surface area contributed by atoms with Gasteiger partial charge < -0.3 is 0 Å². The summed E-state index contributed by atoms with van der Waals surface area (Å²) in [5, 5.41) is 5.21. The number of piperazine rings is 1. The van der Waals surface area contributed by atoms with Crippen LogP contribution in [0.4, 0.5) is 0 Å². The van der Waals surface area contributed by atoms with Crippen molar-refractivity contribution < 1.29 is 0 Å². The molecule has 0 atom stereocenters. The second-order valence-corrected chi connectivity index (χ2v) is 5.24. The van der Waals surface area contributed by atoms with E-state index in [0.717, 1.165) is 6.04 Å². The van der Waals surface area contributed by atoms with Crippen molar-refractivity contribution in [2.75, 3.05) is 39.3 Å². The molecule has 3 nitrogen and oxygen atoms in total. The third-order valence-corrected chi connectivity index (χ3v) is 4.09. The highest BCUT2D eigenvalue weighted by Crippen LogP contribution is 2.27. The summed E-state index contributed by atoms with van der Waals surface area (Å²) < 4.78 is 0. The number of hydrogen-bond donors (Lipinski definition) is 0. The normalized spacial score (nSPS) is 32.0. The van der Waals surface area contributed by atoms with E-state index in [1.807, 2.05) is 0 Å². The Morgan fingerprint density at radius 3 is 1.80 bits per heavy atom. The molecule has 3 rings (SSSR count). The second-order valence-electron chi connectivity index (χ2n) is 5.24. The van der Waals surface area contributed by atoms with Gasteiger partial charge in [0.1, 0.15) is 0 Å². The Bertz CT molecular complexity index is 201. The predicted octanol–water partition coefficient (Wildman–Crippen LogP) is 1.17. The summed E-state index contributed by atoms with van der Waals surface area (Å²) in [6.07, 6.45) is 7.18. The minimum Gasteiger partial charge on any atom is -0.298 e. The van der Waals surface area contributed by atoms with Crippen molar-refractivity contribution >= 4 is 0 Å². The van der Waals surface area contributed by atoms with Crippen molar-refractivity contribution in [3.05, 3.63) is 0 Å². The highest BCUT2D eigenvalue weighted by atomic mass is 15.6. The summed E-state index contributed by atoms with van der Waals surface area (Å²) in [6.45, 7) is 7.78. The summed E-state index contributed by atoms with van der Waals surface area (Å²) in [5.74, 6) is 0. The van der Waals surface area contributed by atoms with Crippen molar-refractivity contribution in [2.24, 2.45) is 0 Å². The first-order chi connectivity index (χ1) is 7.43. The molecule has 0 unspecified atom stereocenters. The van der Waals surface area contributed by atoms with Gasteiger partial charge in [-0.2, -0.15) is 0 Å². The highest BCUT2D eigenvalue weighted by molar-refractivity contribution is 4.87. The summed E-state index contributed by atoms with van der Waals surface area (Å²) in [6, 6.07) is 0.966. The Morgan fingerprint density at radius 2 is 1.20 bits per heavy atom. The first kappa shape index (κ1) is 10.1. The Balaban J connectivity index is 1.47. The van der Waals surface area contributed by atoms with Crippen LogP contribution >= 0.6 is 0 Å². The van der Waals surface area contributed by atoms with E-state index in [9.17, 15) is 0 Å². The molecule has 2 heterocycles. The van der Waals surface area contributed by atoms with Crippen LogP contribution in [0, 0.1) is 0 Å². The molecule has 0 bridgehead atoms. The van der Waals surface area contributed by atoms with Crippen LogP contribution in [0.2, 0.25) is 0 Å². The van der Waals surface area contributed by atoms with E-state index < -0.39 is 0 Å². The number of piperidine rings is 1. The lowest BCUT2D eigenvalue weighted by Gasteiger charge is -2.42. The first-order valence-electron chi connectivity index (χ1n) is 6.67. The second kappa shape index (κ2) is 4.40. The van der Waals surface area contributed by atoms with Gasteiger partial charge in [-0.1, -0.05) is 6.42 Å². The molecule has 1 aliphatic carbocycles. The van der Waals surface area contributed by atoms with Crippen LogP contribution in [-0.2, 0) is 0 Å². The molecule has 3 aliphatic rings. The van der Waals surface area contributed by atoms with E-state index in [-0.39, 0.29) is 0 Å². The SMILES string of the molecule is C1CCN(N2CCN(C3CC3)CC2)CC1. The quantitative estimate of drug-likeness (QED) is 0.676. The average Bonchev–Trinajstić information content (AvgIpc) is 3.15. The summed E-state index contributed by atoms with van der Waals surface area (Å²) >= 11 is 0. The molecular weight excluding hydrogens is 186 g/mol. The van der Waals surface area contributed by atoms with Gasteiger partial charge in [0.05, 0.1) is 0 Å². The predicted molar refractivity (Wildman–Crippen MR) is 61.6 cm³/mol. The molecule has 3 fully saturated rings. The van der Waals surface area contributed by atoms with Gasteiger partial charge in [-0.05, 0) is 25.7 Å². The van der Waals surface area contributed by atoms with E-state index in [0.29, 0.717) is 0 Å². The van der Waals surface area contributed by atoms with E-state index in [1.54, 1.807) is 0 Å². The number of hydrogen-bond acceptors (Lipinski definition) is 3. The maximum Gasteiger partial charge on any atom is 0.0261 e. The van der Waals surface area contributed by atoms with Crippen molar-refractivity contribution in [3.63, 3.8) is 0 Å². The Morgan fingerprint density at radius 1 is 0.600 bits per heavy atom. The molecule has 15 heavy (non-hydrogen) atoms. The molecule has 1 saturated carbocycles. The molecular formula is C12H23N3. The van der Waals surface area contributed by atoms with Crippen LogP contribution in [0.5, 0.6) is 0 Å². The summed E-state index contributed by atoms with van der Waals surface area (Å²) in [7, 11) is 0. The van der Waals surface area contributed by atoms with Crippen LogP contribution in [0.1, 0.15) is 32.1 Å². The van der Waals surface area contributed by atoms with Gasteiger partial charge in [-0.25, -0.2) is 10.0 Å². The molecule has 0 spiro atoms. The van der Waals surface area contributed by atoms with Crippen LogP contribution < -0.4 is 0 Å². The standard InChI is InChI=1S/C12H23N3/c1-2-6-14(7-3-1)15-10-8-13(9-11-15)12-4-5-12/h12H,1-11H2. The molecule has 0 aromatic rings. The Labute approximate surface area is 93.0 Å². The molecule has 0 aromatic carbocycles. The largest absolute Gasteiger partial charge is 0.298 e. The zero-order valence-corrected chi connectivity index (χ0v) is 9.70. The smallest absolute Gasteiger partial charge is 0.0261 e. The van der Waals surface area contributed by atoms with Crippen molar-refractivity contribution in [3.8, 4) is 0 Å². The minimum atomic E-state index is 0.966. The molecule has 3 heteroatoms. The van der Waals surface area contributed by atoms with Gasteiger partial charge >= 0.3 is 0 Å². The number of nitrogens with zero attached hydrogens (tertiary/aromatic N) is 3. The van der Waals surface area contributed by atoms with Crippen LogP contribution in [0.25, 0.3) is 0 Å². The van der Waals surface area contributed by atoms with Gasteiger partial charge in [-0.3, -0.25) is 4.90 Å². The summed E-state index contributed by atoms with van der Waals surface area (Å²) in [5.41, 5.74) is 0. The minimum absolute atomic E-state index is 0.966. The lowest BCUT2D eigenvalue weighted by Crippen LogP contribution is -2.55. The van der Waals surface area contributed by atoms with Gasteiger partial charge in [-0.15, -0.1) is 0 Å². The molecule has 2 saturated heterocycles. The fourth-order valence-corrected chi connectivity index (χ4v) is 2.96. The van der Waals surface area contributed by atoms with E-state index in [1.165, 1.54) is 71.4 Å². The Hall–Kier alpha value is -0.120. The zero-order chi connectivity index (χ0) is 10.1. The maximum atomic E-state index is 2.69. The van der Waals surface area contributed by atoms with E-state index >= 15 is 0 Å². The fourth-order valence-electron chi connectivity index (χ4n) is 2.96. The molecule has 86 valence electrons. The zero-order valence-electron chi connectivity index (χ0n) is 9.70. The molecule has 0 amide bonds. The lowest BCUT2D eigenvalue weighted by molar-refractivity contribution is -0.0692. The fraction of sp³-hybridized carbons (Fsp3) is 1.00. The van der Waals surface area contributed by atoms with Gasteiger partial charge in [0.2, 0.25) is 0 Å². The van der Waals surface area contributed by atoms with Gasteiger partial charge in [0, 0.05) is 45.3 Å². The van der Waals surface area contributed by atoms with Crippen LogP contribution in [0.15, 0.2) is 0 Å². The molecule has 0 radical (unpaired) electrons. The first-order valence-corrected chi connectivity index (χ1v) is 6.67. The van der Waals surface area contributed by atoms with Gasteiger partial charge in [0.25, 0.3) is 0 Å². The van der Waals surface area contributed by atoms with Gasteiger partial charge in [0.15, 0.2) is 0 Å². The Kier molecular flexibility index (Phi) is 2.95. The van der Waals surface area contributed by atoms with E-state index in [2.05, 4.69) is 14.9 Å². The van der Waals surface area contributed by atoms with Crippen molar-refractivity contribution in [1.82, 2.24) is 14.9 Å². The number of hydrazine groups is 1. The van der Waals surface area contributed by atoms with E-state index in [4.69, 9.17) is 0 Å². The monoisotopic (exact) mass is 209 g/mol. The summed E-state index contributed by atoms with van der Waals surface area (Å²) in [4.78, 5) is 2.69. The van der Waals surface area contributed by atoms with Crippen LogP contribution in [-0.4, -0.2) is 60.2 Å². The highest BCUT2D eigenvalue weighted by Gasteiger charge is 2.32. The topological polar surface area (TPSA) is 9.72 Å². The lowest BCUT2D eigenvalue weighted by atomic mass is 10.1. The number of rotatable bonds is 2. The average molecular weight is 209 g/mol. The third-order valence-electron chi connectivity index (χ3n) is 4.09. The molecule has 2 aliphatic heterocycles. The molecule has 0 aromatic heterocycles. The van der Waals surface area contributed by atoms with Crippen molar-refractivity contribution in [1.29, 1.82) is 0 Å². The van der Waals surface area contributed by atoms with Crippen LogP contribution in [0.3, 0.4) is 0 Å². The van der Waals surface area contributed by atoms with Crippen molar-refractivity contribution in [2.45, 2.75) is 38.1 Å². The third kappa shape index (κ3) is 2.35. The molecule has 0 N–H and O–H groups in total. The maximum absolute atomic E-state index is 2.69.